The third-order valence-electron chi connectivity index (χ3n) is 7.15. The number of ketones is 1. The van der Waals surface area contributed by atoms with E-state index in [1.54, 1.807) is 36.9 Å². The lowest BCUT2D eigenvalue weighted by molar-refractivity contribution is -0.143. The number of aliphatic carboxylic acids is 1. The lowest BCUT2D eigenvalue weighted by Gasteiger charge is -2.30. The predicted molar refractivity (Wildman–Crippen MR) is 154 cm³/mol. The Hall–Kier alpha value is -4.13. The molecule has 41 heavy (non-hydrogen) atoms. The van der Waals surface area contributed by atoms with Crippen LogP contribution in [0.2, 0.25) is 5.02 Å². The van der Waals surface area contributed by atoms with E-state index in [0.717, 1.165) is 10.5 Å². The van der Waals surface area contributed by atoms with E-state index < -0.39 is 35.8 Å². The molecule has 1 amide bonds. The molecule has 0 aliphatic carbocycles. The number of amides is 1. The number of rotatable bonds is 11. The van der Waals surface area contributed by atoms with Gasteiger partial charge in [-0.2, -0.15) is 0 Å². The third kappa shape index (κ3) is 5.99. The molecule has 1 aromatic carbocycles. The van der Waals surface area contributed by atoms with Gasteiger partial charge in [0, 0.05) is 42.2 Å². The number of guanidine groups is 1. The number of fused-ring (bicyclic) bond motifs is 1. The summed E-state index contributed by atoms with van der Waals surface area (Å²) in [4.78, 5) is 44.4. The normalized spacial score (nSPS) is 15.4. The standard InChI is InChI=1S/C28H33ClN6O6/c1-3-5-21(36)35(22(27(39)40)24(38)25-14(2)17-6-4-7-18(29)26(17)41-25)20-11-16(12-33-20)23(37)19(30)10-15-8-9-34(13-15)28(31)32/h4,6-8,11-12,19,22,24,33,38H,3,5,9-10,13,30H2,1-2H3,(H3,31,32)(H,39,40). The smallest absolute Gasteiger partial charge is 0.330 e. The average Bonchev–Trinajstić information content (AvgIpc) is 3.66. The van der Waals surface area contributed by atoms with E-state index in [-0.39, 0.29) is 35.9 Å². The van der Waals surface area contributed by atoms with Crippen molar-refractivity contribution in [3.63, 3.8) is 0 Å². The van der Waals surface area contributed by atoms with Gasteiger partial charge >= 0.3 is 5.97 Å². The fourth-order valence-corrected chi connectivity index (χ4v) is 5.22. The van der Waals surface area contributed by atoms with Crippen molar-refractivity contribution >= 4 is 52.0 Å². The highest BCUT2D eigenvalue weighted by Crippen LogP contribution is 2.37. The maximum absolute atomic E-state index is 13.3. The number of furan rings is 1. The number of carboxylic acids is 1. The van der Waals surface area contributed by atoms with Gasteiger partial charge in [0.25, 0.3) is 0 Å². The Labute approximate surface area is 241 Å². The number of nitrogens with one attached hydrogen (secondary N) is 2. The SMILES string of the molecule is CCCC(=O)N(c1cc(C(=O)C(N)CC2=CCN(C(=N)N)C2)c[nH]1)C(C(=O)O)C(O)c1oc2c(Cl)cccc2c1C. The van der Waals surface area contributed by atoms with Gasteiger partial charge in [0.2, 0.25) is 5.91 Å². The largest absolute Gasteiger partial charge is 0.480 e. The molecule has 1 aliphatic heterocycles. The van der Waals surface area contributed by atoms with Crippen LogP contribution in [0, 0.1) is 12.3 Å². The van der Waals surface area contributed by atoms with E-state index in [0.29, 0.717) is 41.1 Å². The Morgan fingerprint density at radius 1 is 1.32 bits per heavy atom. The molecule has 13 heteroatoms. The highest BCUT2D eigenvalue weighted by Gasteiger charge is 2.41. The molecule has 3 aromatic rings. The van der Waals surface area contributed by atoms with Crippen LogP contribution in [0.5, 0.6) is 0 Å². The lowest BCUT2D eigenvalue weighted by atomic mass is 10.00. The van der Waals surface area contributed by atoms with Crippen LogP contribution < -0.4 is 16.4 Å². The minimum Gasteiger partial charge on any atom is -0.480 e. The van der Waals surface area contributed by atoms with E-state index >= 15 is 0 Å². The molecule has 0 spiro atoms. The first kappa shape index (κ1) is 29.8. The number of aryl methyl sites for hydroxylation is 1. The number of H-pyrrole nitrogens is 1. The van der Waals surface area contributed by atoms with E-state index in [4.69, 9.17) is 32.9 Å². The molecule has 12 nitrogen and oxygen atoms in total. The summed E-state index contributed by atoms with van der Waals surface area (Å²) in [6, 6.07) is 3.70. The quantitative estimate of drug-likeness (QED) is 0.0846. The van der Waals surface area contributed by atoms with Gasteiger partial charge in [0.1, 0.15) is 17.7 Å². The molecule has 0 bridgehead atoms. The van der Waals surface area contributed by atoms with Crippen molar-refractivity contribution in [2.45, 2.75) is 51.3 Å². The second kappa shape index (κ2) is 12.2. The van der Waals surface area contributed by atoms with E-state index in [1.807, 2.05) is 6.08 Å². The molecule has 0 saturated heterocycles. The van der Waals surface area contributed by atoms with Crippen LogP contribution in [-0.4, -0.2) is 68.9 Å². The number of carbonyl (C=O) groups excluding carboxylic acids is 2. The summed E-state index contributed by atoms with van der Waals surface area (Å²) in [7, 11) is 0. The number of aliphatic hydroxyl groups excluding tert-OH is 1. The van der Waals surface area contributed by atoms with Gasteiger partial charge in [-0.1, -0.05) is 42.3 Å². The van der Waals surface area contributed by atoms with Gasteiger partial charge in [-0.3, -0.25) is 19.9 Å². The Balaban J connectivity index is 1.64. The van der Waals surface area contributed by atoms with Gasteiger partial charge in [0.15, 0.2) is 23.4 Å². The third-order valence-corrected chi connectivity index (χ3v) is 7.45. The summed E-state index contributed by atoms with van der Waals surface area (Å²) in [6.45, 7) is 4.30. The molecular formula is C28H33ClN6O6. The molecule has 3 unspecified atom stereocenters. The van der Waals surface area contributed by atoms with Gasteiger partial charge < -0.3 is 36.0 Å². The minimum atomic E-state index is -1.79. The number of aliphatic hydroxyl groups is 1. The van der Waals surface area contributed by atoms with Gasteiger partial charge in [0.05, 0.1) is 11.1 Å². The Morgan fingerprint density at radius 2 is 2.05 bits per heavy atom. The molecule has 3 heterocycles. The number of aromatic amines is 1. The number of hydrogen-bond donors (Lipinski definition) is 6. The predicted octanol–water partition coefficient (Wildman–Crippen LogP) is 3.08. The minimum absolute atomic E-state index is 0.00986. The Kier molecular flexibility index (Phi) is 8.86. The second-order valence-electron chi connectivity index (χ2n) is 10.0. The van der Waals surface area contributed by atoms with Crippen LogP contribution in [0.25, 0.3) is 11.0 Å². The summed E-state index contributed by atoms with van der Waals surface area (Å²) in [5.74, 6) is -2.57. The average molecular weight is 585 g/mol. The monoisotopic (exact) mass is 584 g/mol. The molecule has 3 atom stereocenters. The van der Waals surface area contributed by atoms with Crippen molar-refractivity contribution in [1.82, 2.24) is 9.88 Å². The van der Waals surface area contributed by atoms with Crippen molar-refractivity contribution in [3.8, 4) is 0 Å². The van der Waals surface area contributed by atoms with Crippen LogP contribution in [0.3, 0.4) is 0 Å². The van der Waals surface area contributed by atoms with E-state index in [9.17, 15) is 24.6 Å². The molecular weight excluding hydrogens is 552 g/mol. The summed E-state index contributed by atoms with van der Waals surface area (Å²) >= 11 is 6.25. The first-order chi connectivity index (χ1) is 19.4. The zero-order valence-corrected chi connectivity index (χ0v) is 23.4. The van der Waals surface area contributed by atoms with Gasteiger partial charge in [-0.15, -0.1) is 0 Å². The molecule has 2 aromatic heterocycles. The molecule has 8 N–H and O–H groups in total. The summed E-state index contributed by atoms with van der Waals surface area (Å²) in [5, 5.41) is 30.0. The van der Waals surface area contributed by atoms with Crippen molar-refractivity contribution in [3.05, 3.63) is 64.0 Å². The zero-order valence-electron chi connectivity index (χ0n) is 22.7. The van der Waals surface area contributed by atoms with Gasteiger partial charge in [-0.05, 0) is 31.9 Å². The fraction of sp³-hybridized carbons (Fsp3) is 0.357. The second-order valence-corrected chi connectivity index (χ2v) is 10.4. The molecule has 0 saturated carbocycles. The van der Waals surface area contributed by atoms with E-state index in [1.165, 1.54) is 12.3 Å². The number of halogens is 1. The molecule has 1 aliphatic rings. The molecule has 4 rings (SSSR count). The highest BCUT2D eigenvalue weighted by molar-refractivity contribution is 6.34. The van der Waals surface area contributed by atoms with Crippen molar-refractivity contribution in [2.24, 2.45) is 11.5 Å². The number of carbonyl (C=O) groups is 3. The highest BCUT2D eigenvalue weighted by atomic mass is 35.5. The maximum atomic E-state index is 13.3. The number of aromatic nitrogens is 1. The molecule has 0 radical (unpaired) electrons. The van der Waals surface area contributed by atoms with Gasteiger partial charge in [-0.25, -0.2) is 4.79 Å². The number of para-hydroxylation sites is 1. The molecule has 0 fully saturated rings. The van der Waals surface area contributed by atoms with Crippen LogP contribution >= 0.6 is 11.6 Å². The number of anilines is 1. The van der Waals surface area contributed by atoms with Crippen LogP contribution in [0.1, 0.15) is 54.0 Å². The van der Waals surface area contributed by atoms with Crippen molar-refractivity contribution in [2.75, 3.05) is 18.0 Å². The zero-order chi connectivity index (χ0) is 30.0. The number of carboxylic acid groups (broad SMARTS) is 1. The first-order valence-corrected chi connectivity index (χ1v) is 13.5. The van der Waals surface area contributed by atoms with Crippen LogP contribution in [0.15, 0.2) is 46.5 Å². The lowest BCUT2D eigenvalue weighted by Crippen LogP contribution is -2.49. The van der Waals surface area contributed by atoms with Crippen molar-refractivity contribution < 1.29 is 29.0 Å². The first-order valence-electron chi connectivity index (χ1n) is 13.1. The number of hydrogen-bond acceptors (Lipinski definition) is 7. The van der Waals surface area contributed by atoms with E-state index in [2.05, 4.69) is 4.98 Å². The van der Waals surface area contributed by atoms with Crippen LogP contribution in [0.4, 0.5) is 5.82 Å². The number of nitrogens with two attached hydrogens (primary N) is 2. The Morgan fingerprint density at radius 3 is 2.66 bits per heavy atom. The number of nitrogens with zero attached hydrogens (tertiary/aromatic N) is 2. The van der Waals surface area contributed by atoms with Crippen LogP contribution in [-0.2, 0) is 9.59 Å². The summed E-state index contributed by atoms with van der Waals surface area (Å²) < 4.78 is 5.81. The van der Waals surface area contributed by atoms with Crippen molar-refractivity contribution in [1.29, 1.82) is 5.41 Å². The number of Topliss-reactive ketones (excluding diaryl/α,β-unsaturated/α-hetero) is 1. The molecule has 218 valence electrons. The summed E-state index contributed by atoms with van der Waals surface area (Å²) in [5.41, 5.74) is 13.5. The number of benzene rings is 1. The topological polar surface area (TPSA) is 203 Å². The Bertz CT molecular complexity index is 1530. The summed E-state index contributed by atoms with van der Waals surface area (Å²) in [6.07, 6.45) is 2.11. The fourth-order valence-electron chi connectivity index (χ4n) is 5.01. The maximum Gasteiger partial charge on any atom is 0.330 e.